The van der Waals surface area contributed by atoms with Gasteiger partial charge in [-0.2, -0.15) is 9.97 Å². The molecular formula is C20H18Cl3N3O3. The van der Waals surface area contributed by atoms with Gasteiger partial charge in [-0.3, -0.25) is 0 Å². The first-order valence-electron chi connectivity index (χ1n) is 8.41. The van der Waals surface area contributed by atoms with Crippen molar-refractivity contribution >= 4 is 47.4 Å². The number of anilines is 1. The number of rotatable bonds is 7. The number of methoxy groups -OCH3 is 1. The number of halogens is 3. The Morgan fingerprint density at radius 2 is 1.93 bits per heavy atom. The Labute approximate surface area is 184 Å². The quantitative estimate of drug-likeness (QED) is 0.508. The zero-order chi connectivity index (χ0) is 20.1. The van der Waals surface area contributed by atoms with Crippen LogP contribution in [0.3, 0.4) is 0 Å². The van der Waals surface area contributed by atoms with Crippen molar-refractivity contribution in [2.24, 2.45) is 0 Å². The molecule has 0 atom stereocenters. The standard InChI is InChI=1S/C20H17Cl2N3O3.ClH/c1-28-20-24-17(13-3-2-4-14(9-13)19(26)27)11-18(25-20)23-8-7-12-5-6-15(21)10-16(12)22;/h2-6,9-11H,7-8H2,1H3,(H,26,27)(H,23,24,25);1H. The molecule has 0 saturated carbocycles. The van der Waals surface area contributed by atoms with Crippen LogP contribution in [0.1, 0.15) is 15.9 Å². The smallest absolute Gasteiger partial charge is 0.335 e. The number of carboxylic acids is 1. The fourth-order valence-electron chi connectivity index (χ4n) is 2.62. The van der Waals surface area contributed by atoms with Crippen LogP contribution in [0.15, 0.2) is 48.5 Å². The predicted molar refractivity (Wildman–Crippen MR) is 117 cm³/mol. The molecule has 3 aromatic rings. The molecular weight excluding hydrogens is 437 g/mol. The summed E-state index contributed by atoms with van der Waals surface area (Å²) in [7, 11) is 1.48. The number of carbonyl (C=O) groups is 1. The number of nitrogens with zero attached hydrogens (tertiary/aromatic N) is 2. The van der Waals surface area contributed by atoms with Crippen LogP contribution in [0.5, 0.6) is 6.01 Å². The third-order valence-electron chi connectivity index (χ3n) is 4.01. The van der Waals surface area contributed by atoms with Crippen molar-refractivity contribution in [2.45, 2.75) is 6.42 Å². The highest BCUT2D eigenvalue weighted by Gasteiger charge is 2.10. The number of carboxylic acid groups (broad SMARTS) is 1. The van der Waals surface area contributed by atoms with E-state index in [4.69, 9.17) is 27.9 Å². The number of aromatic carboxylic acids is 1. The van der Waals surface area contributed by atoms with Crippen LogP contribution in [-0.2, 0) is 6.42 Å². The Morgan fingerprint density at radius 3 is 2.62 bits per heavy atom. The van der Waals surface area contributed by atoms with Gasteiger partial charge in [0, 0.05) is 28.2 Å². The van der Waals surface area contributed by atoms with Crippen molar-refractivity contribution in [3.05, 3.63) is 69.7 Å². The van der Waals surface area contributed by atoms with Crippen molar-refractivity contribution in [1.29, 1.82) is 0 Å². The molecule has 1 aromatic heterocycles. The molecule has 29 heavy (non-hydrogen) atoms. The van der Waals surface area contributed by atoms with Gasteiger partial charge >= 0.3 is 12.0 Å². The Hall–Kier alpha value is -2.54. The molecule has 152 valence electrons. The highest BCUT2D eigenvalue weighted by molar-refractivity contribution is 6.35. The van der Waals surface area contributed by atoms with E-state index in [1.807, 2.05) is 6.07 Å². The van der Waals surface area contributed by atoms with Gasteiger partial charge in [-0.25, -0.2) is 4.79 Å². The number of benzene rings is 2. The monoisotopic (exact) mass is 453 g/mol. The molecule has 0 unspecified atom stereocenters. The summed E-state index contributed by atoms with van der Waals surface area (Å²) in [6.07, 6.45) is 0.673. The molecule has 2 N–H and O–H groups in total. The van der Waals surface area contributed by atoms with Gasteiger partial charge in [-0.05, 0) is 36.2 Å². The number of hydrogen-bond acceptors (Lipinski definition) is 5. The molecule has 0 fully saturated rings. The van der Waals surface area contributed by atoms with Crippen molar-refractivity contribution in [2.75, 3.05) is 19.0 Å². The van der Waals surface area contributed by atoms with Crippen molar-refractivity contribution < 1.29 is 14.6 Å². The topological polar surface area (TPSA) is 84.3 Å². The summed E-state index contributed by atoms with van der Waals surface area (Å²) < 4.78 is 5.18. The highest BCUT2D eigenvalue weighted by atomic mass is 35.5. The van der Waals surface area contributed by atoms with E-state index in [-0.39, 0.29) is 24.0 Å². The zero-order valence-corrected chi connectivity index (χ0v) is 17.7. The van der Waals surface area contributed by atoms with E-state index in [2.05, 4.69) is 15.3 Å². The van der Waals surface area contributed by atoms with E-state index in [1.54, 1.807) is 36.4 Å². The summed E-state index contributed by atoms with van der Waals surface area (Å²) in [4.78, 5) is 19.8. The fraction of sp³-hybridized carbons (Fsp3) is 0.150. The average Bonchev–Trinajstić information content (AvgIpc) is 2.69. The number of nitrogens with one attached hydrogen (secondary N) is 1. The maximum atomic E-state index is 11.2. The first kappa shape index (κ1) is 22.7. The fourth-order valence-corrected chi connectivity index (χ4v) is 3.12. The number of ether oxygens (including phenoxy) is 1. The SMILES string of the molecule is COc1nc(NCCc2ccc(Cl)cc2Cl)cc(-c2cccc(C(=O)O)c2)n1.Cl. The van der Waals surface area contributed by atoms with Gasteiger partial charge in [0.2, 0.25) is 0 Å². The summed E-state index contributed by atoms with van der Waals surface area (Å²) in [5, 5.41) is 13.6. The first-order valence-corrected chi connectivity index (χ1v) is 9.16. The van der Waals surface area contributed by atoms with Gasteiger partial charge in [-0.1, -0.05) is 41.4 Å². The third-order valence-corrected chi connectivity index (χ3v) is 4.60. The lowest BCUT2D eigenvalue weighted by Crippen LogP contribution is -2.08. The van der Waals surface area contributed by atoms with Crippen molar-refractivity contribution in [3.8, 4) is 17.3 Å². The number of aromatic nitrogens is 2. The maximum Gasteiger partial charge on any atom is 0.335 e. The molecule has 0 aliphatic rings. The molecule has 2 aromatic carbocycles. The second-order valence-corrected chi connectivity index (χ2v) is 6.77. The minimum Gasteiger partial charge on any atom is -0.478 e. The molecule has 0 aliphatic heterocycles. The summed E-state index contributed by atoms with van der Waals surface area (Å²) in [5.74, 6) is -0.436. The van der Waals surface area contributed by atoms with Gasteiger partial charge < -0.3 is 15.2 Å². The second-order valence-electron chi connectivity index (χ2n) is 5.92. The minimum absolute atomic E-state index is 0. The third kappa shape index (κ3) is 5.97. The largest absolute Gasteiger partial charge is 0.478 e. The molecule has 0 radical (unpaired) electrons. The molecule has 3 rings (SSSR count). The van der Waals surface area contributed by atoms with Gasteiger partial charge in [0.15, 0.2) is 0 Å². The van der Waals surface area contributed by atoms with Crippen molar-refractivity contribution in [3.63, 3.8) is 0 Å². The van der Waals surface area contributed by atoms with E-state index in [1.165, 1.54) is 13.2 Å². The normalized spacial score (nSPS) is 10.2. The van der Waals surface area contributed by atoms with Crippen LogP contribution in [0, 0.1) is 0 Å². The Kier molecular flexibility index (Phi) is 8.08. The van der Waals surface area contributed by atoms with E-state index in [0.717, 1.165) is 5.56 Å². The molecule has 0 spiro atoms. The highest BCUT2D eigenvalue weighted by Crippen LogP contribution is 2.24. The Bertz CT molecular complexity index is 1020. The molecule has 1 heterocycles. The van der Waals surface area contributed by atoms with Crippen LogP contribution in [0.2, 0.25) is 10.0 Å². The molecule has 0 bridgehead atoms. The zero-order valence-electron chi connectivity index (χ0n) is 15.4. The summed E-state index contributed by atoms with van der Waals surface area (Å²) >= 11 is 12.1. The Balaban J connectivity index is 0.00000300. The predicted octanol–water partition coefficient (Wildman–Crippen LogP) is 5.23. The molecule has 0 aliphatic carbocycles. The van der Waals surface area contributed by atoms with E-state index in [0.29, 0.717) is 40.1 Å². The summed E-state index contributed by atoms with van der Waals surface area (Å²) in [6.45, 7) is 0.579. The molecule has 0 saturated heterocycles. The average molecular weight is 455 g/mol. The molecule has 0 amide bonds. The van der Waals surface area contributed by atoms with E-state index in [9.17, 15) is 9.90 Å². The Morgan fingerprint density at radius 1 is 1.14 bits per heavy atom. The van der Waals surface area contributed by atoms with E-state index >= 15 is 0 Å². The lowest BCUT2D eigenvalue weighted by Gasteiger charge is -2.10. The molecule has 9 heteroatoms. The van der Waals surface area contributed by atoms with Gasteiger partial charge in [-0.15, -0.1) is 12.4 Å². The van der Waals surface area contributed by atoms with Crippen molar-refractivity contribution in [1.82, 2.24) is 9.97 Å². The van der Waals surface area contributed by atoms with Gasteiger partial charge in [0.1, 0.15) is 5.82 Å². The first-order chi connectivity index (χ1) is 13.5. The minimum atomic E-state index is -0.999. The number of hydrogen-bond donors (Lipinski definition) is 2. The van der Waals surface area contributed by atoms with E-state index < -0.39 is 5.97 Å². The summed E-state index contributed by atoms with van der Waals surface area (Å²) in [6, 6.07) is 13.9. The lowest BCUT2D eigenvalue weighted by molar-refractivity contribution is 0.0697. The van der Waals surface area contributed by atoms with Crippen LogP contribution >= 0.6 is 35.6 Å². The van der Waals surface area contributed by atoms with Gasteiger partial charge in [0.25, 0.3) is 0 Å². The van der Waals surface area contributed by atoms with Gasteiger partial charge in [0.05, 0.1) is 18.4 Å². The maximum absolute atomic E-state index is 11.2. The molecule has 6 nitrogen and oxygen atoms in total. The van der Waals surface area contributed by atoms with Crippen LogP contribution in [0.25, 0.3) is 11.3 Å². The summed E-state index contributed by atoms with van der Waals surface area (Å²) in [5.41, 5.74) is 2.36. The van der Waals surface area contributed by atoms with Crippen LogP contribution in [0.4, 0.5) is 5.82 Å². The second kappa shape index (κ2) is 10.3. The lowest BCUT2D eigenvalue weighted by atomic mass is 10.1. The van der Waals surface area contributed by atoms with Crippen LogP contribution in [-0.4, -0.2) is 34.7 Å². The van der Waals surface area contributed by atoms with Crippen LogP contribution < -0.4 is 10.1 Å².